The molecule has 0 bridgehead atoms. The first kappa shape index (κ1) is 11.7. The third-order valence-corrected chi connectivity index (χ3v) is 3.20. The average Bonchev–Trinajstić information content (AvgIpc) is 2.12. The second-order valence-corrected chi connectivity index (χ2v) is 5.02. The van der Waals surface area contributed by atoms with Gasteiger partial charge in [-0.05, 0) is 50.3 Å². The fourth-order valence-corrected chi connectivity index (χ4v) is 2.05. The quantitative estimate of drug-likeness (QED) is 0.876. The van der Waals surface area contributed by atoms with Crippen molar-refractivity contribution in [1.82, 2.24) is 0 Å². The smallest absolute Gasteiger partial charge is 0.138 e. The van der Waals surface area contributed by atoms with Crippen LogP contribution in [0.4, 0.5) is 0 Å². The van der Waals surface area contributed by atoms with Crippen LogP contribution < -0.4 is 10.5 Å². The van der Waals surface area contributed by atoms with Crippen LogP contribution in [0.3, 0.4) is 0 Å². The minimum Gasteiger partial charge on any atom is -0.489 e. The van der Waals surface area contributed by atoms with Gasteiger partial charge < -0.3 is 10.5 Å². The van der Waals surface area contributed by atoms with Gasteiger partial charge in [0.25, 0.3) is 0 Å². The number of hydrogen-bond donors (Lipinski definition) is 1. The van der Waals surface area contributed by atoms with Gasteiger partial charge in [-0.1, -0.05) is 17.7 Å². The molecule has 0 heterocycles. The summed E-state index contributed by atoms with van der Waals surface area (Å²) in [6.45, 7) is 1.99. The van der Waals surface area contributed by atoms with Gasteiger partial charge in [0.1, 0.15) is 5.75 Å². The second-order valence-electron chi connectivity index (χ2n) is 4.62. The fourth-order valence-electron chi connectivity index (χ4n) is 1.81. The number of rotatable bonds is 4. The average molecular weight is 240 g/mol. The molecular formula is C13H18ClNO. The molecule has 1 aromatic rings. The third kappa shape index (κ3) is 2.89. The summed E-state index contributed by atoms with van der Waals surface area (Å²) in [5.74, 6) is 0.805. The predicted octanol–water partition coefficient (Wildman–Crippen LogP) is 3.16. The van der Waals surface area contributed by atoms with Crippen LogP contribution in [0.25, 0.3) is 0 Å². The van der Waals surface area contributed by atoms with Crippen LogP contribution in [0.15, 0.2) is 18.2 Å². The molecule has 1 aromatic carbocycles. The molecule has 1 unspecified atom stereocenters. The summed E-state index contributed by atoms with van der Waals surface area (Å²) in [6, 6.07) is 6.12. The Bertz CT molecular complexity index is 361. The van der Waals surface area contributed by atoms with Gasteiger partial charge in [0.05, 0.1) is 11.1 Å². The summed E-state index contributed by atoms with van der Waals surface area (Å²) < 4.78 is 5.78. The van der Waals surface area contributed by atoms with Crippen LogP contribution in [0.2, 0.25) is 5.02 Å². The van der Waals surface area contributed by atoms with Crippen LogP contribution >= 0.6 is 11.6 Å². The van der Waals surface area contributed by atoms with Gasteiger partial charge in [-0.2, -0.15) is 0 Å². The summed E-state index contributed by atoms with van der Waals surface area (Å²) in [5.41, 5.74) is 6.92. The number of ether oxygens (including phenoxy) is 1. The van der Waals surface area contributed by atoms with Crippen molar-refractivity contribution in [1.29, 1.82) is 0 Å². The van der Waals surface area contributed by atoms with Gasteiger partial charge in [0.15, 0.2) is 0 Å². The summed E-state index contributed by atoms with van der Waals surface area (Å²) in [7, 11) is 0. The SMILES string of the molecule is CC(N)Cc1ccc(OC2CCC2)c(Cl)c1. The van der Waals surface area contributed by atoms with Crippen molar-refractivity contribution in [2.24, 2.45) is 5.73 Å². The molecule has 0 amide bonds. The molecule has 3 heteroatoms. The molecule has 0 spiro atoms. The highest BCUT2D eigenvalue weighted by Crippen LogP contribution is 2.31. The van der Waals surface area contributed by atoms with Crippen LogP contribution in [-0.2, 0) is 6.42 Å². The molecule has 2 nitrogen and oxygen atoms in total. The Morgan fingerprint density at radius 3 is 2.75 bits per heavy atom. The molecule has 0 radical (unpaired) electrons. The highest BCUT2D eigenvalue weighted by molar-refractivity contribution is 6.32. The summed E-state index contributed by atoms with van der Waals surface area (Å²) in [6.07, 6.45) is 4.79. The van der Waals surface area contributed by atoms with Crippen molar-refractivity contribution in [3.05, 3.63) is 28.8 Å². The van der Waals surface area contributed by atoms with E-state index in [1.54, 1.807) is 0 Å². The maximum atomic E-state index is 6.17. The number of halogens is 1. The summed E-state index contributed by atoms with van der Waals surface area (Å²) in [4.78, 5) is 0. The van der Waals surface area contributed by atoms with Crippen molar-refractivity contribution in [3.8, 4) is 5.75 Å². The van der Waals surface area contributed by atoms with Crippen molar-refractivity contribution >= 4 is 11.6 Å². The lowest BCUT2D eigenvalue weighted by molar-refractivity contribution is 0.120. The first-order valence-corrected chi connectivity index (χ1v) is 6.23. The maximum absolute atomic E-state index is 6.17. The Balaban J connectivity index is 2.03. The second kappa shape index (κ2) is 5.07. The highest BCUT2D eigenvalue weighted by atomic mass is 35.5. The molecule has 1 aliphatic carbocycles. The molecule has 0 aromatic heterocycles. The monoisotopic (exact) mass is 239 g/mol. The number of hydrogen-bond acceptors (Lipinski definition) is 2. The van der Waals surface area contributed by atoms with E-state index in [4.69, 9.17) is 22.1 Å². The Labute approximate surface area is 102 Å². The van der Waals surface area contributed by atoms with E-state index in [-0.39, 0.29) is 6.04 Å². The molecule has 2 rings (SSSR count). The Morgan fingerprint density at radius 1 is 1.50 bits per heavy atom. The van der Waals surface area contributed by atoms with E-state index in [9.17, 15) is 0 Å². The lowest BCUT2D eigenvalue weighted by atomic mass is 9.96. The Kier molecular flexibility index (Phi) is 3.72. The standard InChI is InChI=1S/C13H18ClNO/c1-9(15)7-10-5-6-13(12(14)8-10)16-11-3-2-4-11/h5-6,8-9,11H,2-4,7,15H2,1H3. The maximum Gasteiger partial charge on any atom is 0.138 e. The molecule has 0 saturated heterocycles. The van der Waals surface area contributed by atoms with Gasteiger partial charge in [-0.25, -0.2) is 0 Å². The van der Waals surface area contributed by atoms with Crippen molar-refractivity contribution in [2.45, 2.75) is 44.8 Å². The molecule has 88 valence electrons. The fraction of sp³-hybridized carbons (Fsp3) is 0.538. The summed E-state index contributed by atoms with van der Waals surface area (Å²) in [5, 5.41) is 0.699. The van der Waals surface area contributed by atoms with E-state index >= 15 is 0 Å². The van der Waals surface area contributed by atoms with Gasteiger partial charge in [0, 0.05) is 6.04 Å². The lowest BCUT2D eigenvalue weighted by Gasteiger charge is -2.26. The van der Waals surface area contributed by atoms with E-state index in [1.807, 2.05) is 25.1 Å². The zero-order valence-electron chi connectivity index (χ0n) is 9.58. The first-order valence-electron chi connectivity index (χ1n) is 5.86. The van der Waals surface area contributed by atoms with E-state index < -0.39 is 0 Å². The van der Waals surface area contributed by atoms with Crippen molar-refractivity contribution in [2.75, 3.05) is 0 Å². The van der Waals surface area contributed by atoms with E-state index in [2.05, 4.69) is 0 Å². The zero-order valence-corrected chi connectivity index (χ0v) is 10.3. The normalized spacial score (nSPS) is 17.9. The molecular weight excluding hydrogens is 222 g/mol. The lowest BCUT2D eigenvalue weighted by Crippen LogP contribution is -2.24. The minimum absolute atomic E-state index is 0.162. The predicted molar refractivity (Wildman–Crippen MR) is 67.1 cm³/mol. The molecule has 2 N–H and O–H groups in total. The largest absolute Gasteiger partial charge is 0.489 e. The molecule has 1 atom stereocenters. The topological polar surface area (TPSA) is 35.2 Å². The van der Waals surface area contributed by atoms with Gasteiger partial charge in [-0.3, -0.25) is 0 Å². The summed E-state index contributed by atoms with van der Waals surface area (Å²) >= 11 is 6.17. The first-order chi connectivity index (χ1) is 7.65. The minimum atomic E-state index is 0.162. The van der Waals surface area contributed by atoms with Crippen molar-refractivity contribution in [3.63, 3.8) is 0 Å². The molecule has 1 aliphatic rings. The Hall–Kier alpha value is -0.730. The van der Waals surface area contributed by atoms with E-state index in [1.165, 1.54) is 12.0 Å². The molecule has 1 saturated carbocycles. The van der Waals surface area contributed by atoms with Gasteiger partial charge in [0.2, 0.25) is 0 Å². The van der Waals surface area contributed by atoms with Crippen LogP contribution in [0.1, 0.15) is 31.7 Å². The van der Waals surface area contributed by atoms with Crippen molar-refractivity contribution < 1.29 is 4.74 Å². The van der Waals surface area contributed by atoms with E-state index in [0.717, 1.165) is 25.0 Å². The van der Waals surface area contributed by atoms with Crippen LogP contribution in [0, 0.1) is 0 Å². The van der Waals surface area contributed by atoms with Crippen LogP contribution in [-0.4, -0.2) is 12.1 Å². The van der Waals surface area contributed by atoms with E-state index in [0.29, 0.717) is 11.1 Å². The zero-order chi connectivity index (χ0) is 11.5. The third-order valence-electron chi connectivity index (χ3n) is 2.90. The molecule has 16 heavy (non-hydrogen) atoms. The van der Waals surface area contributed by atoms with Crippen LogP contribution in [0.5, 0.6) is 5.75 Å². The van der Waals surface area contributed by atoms with Gasteiger partial charge >= 0.3 is 0 Å². The molecule has 0 aliphatic heterocycles. The highest BCUT2D eigenvalue weighted by Gasteiger charge is 2.20. The van der Waals surface area contributed by atoms with Gasteiger partial charge in [-0.15, -0.1) is 0 Å². The Morgan fingerprint density at radius 2 is 2.25 bits per heavy atom. The number of nitrogens with two attached hydrogens (primary N) is 1. The molecule has 1 fully saturated rings. The number of benzene rings is 1.